The van der Waals surface area contributed by atoms with Gasteiger partial charge in [0.2, 0.25) is 5.91 Å². The lowest BCUT2D eigenvalue weighted by molar-refractivity contribution is -0.126. The Balaban J connectivity index is 1.54. The van der Waals surface area contributed by atoms with Crippen molar-refractivity contribution < 1.29 is 27.5 Å². The van der Waals surface area contributed by atoms with Crippen LogP contribution in [0.4, 0.5) is 0 Å². The van der Waals surface area contributed by atoms with Crippen molar-refractivity contribution in [2.45, 2.75) is 44.7 Å². The molecule has 3 rings (SSSR count). The number of amides is 2. The van der Waals surface area contributed by atoms with Gasteiger partial charge in [0.1, 0.15) is 5.82 Å². The second-order valence-corrected chi connectivity index (χ2v) is 10.3. The molecule has 0 aliphatic carbocycles. The molecule has 1 aliphatic heterocycles. The molecule has 11 nitrogen and oxygen atoms in total. The first-order chi connectivity index (χ1) is 16.0. The molecule has 186 valence electrons. The number of imidazole rings is 1. The first-order valence-electron chi connectivity index (χ1n) is 11.0. The van der Waals surface area contributed by atoms with Gasteiger partial charge in [0.05, 0.1) is 13.2 Å². The third-order valence-electron chi connectivity index (χ3n) is 5.60. The Hall–Kier alpha value is -3.12. The van der Waals surface area contributed by atoms with E-state index >= 15 is 0 Å². The Morgan fingerprint density at radius 3 is 2.38 bits per heavy atom. The van der Waals surface area contributed by atoms with Gasteiger partial charge in [0.25, 0.3) is 15.9 Å². The number of methoxy groups -OCH3 is 1. The quantitative estimate of drug-likeness (QED) is 0.557. The second kappa shape index (κ2) is 10.4. The number of carbonyl (C=O) groups excluding carboxylic acids is 2. The molecule has 1 aromatic carbocycles. The first-order valence-corrected chi connectivity index (χ1v) is 12.4. The summed E-state index contributed by atoms with van der Waals surface area (Å²) >= 11 is 0. The van der Waals surface area contributed by atoms with Crippen molar-refractivity contribution in [3.05, 3.63) is 35.8 Å². The highest BCUT2D eigenvalue weighted by molar-refractivity contribution is 7.89. The number of nitrogens with zero attached hydrogens (tertiary/aromatic N) is 3. The van der Waals surface area contributed by atoms with E-state index < -0.39 is 21.8 Å². The van der Waals surface area contributed by atoms with Gasteiger partial charge in [0.15, 0.2) is 16.5 Å². The lowest BCUT2D eigenvalue weighted by Gasteiger charge is -2.29. The standard InChI is InChI=1S/C22H31N5O6S/c1-14(2)33-18-7-6-17(12-19(18)32-5)22(29)25-24-21(28)16-8-10-27(11-9-16)34(30,31)20-13-26(4)15(3)23-20/h6-7,12-14,16H,8-11H2,1-5H3,(H,24,28)(H,25,29). The van der Waals surface area contributed by atoms with Crippen molar-refractivity contribution in [2.75, 3.05) is 20.2 Å². The molecule has 0 saturated carbocycles. The Kier molecular flexibility index (Phi) is 7.82. The van der Waals surface area contributed by atoms with Crippen LogP contribution in [0, 0.1) is 12.8 Å². The van der Waals surface area contributed by atoms with Gasteiger partial charge < -0.3 is 14.0 Å². The van der Waals surface area contributed by atoms with Crippen LogP contribution in [-0.2, 0) is 21.9 Å². The van der Waals surface area contributed by atoms with Crippen molar-refractivity contribution in [3.63, 3.8) is 0 Å². The number of sulfonamides is 1. The summed E-state index contributed by atoms with van der Waals surface area (Å²) in [6.45, 7) is 5.88. The number of piperidine rings is 1. The molecular formula is C22H31N5O6S. The van der Waals surface area contributed by atoms with E-state index in [9.17, 15) is 18.0 Å². The third kappa shape index (κ3) is 5.68. The van der Waals surface area contributed by atoms with E-state index in [0.717, 1.165) is 0 Å². The summed E-state index contributed by atoms with van der Waals surface area (Å²) in [6.07, 6.45) is 2.10. The number of aryl methyl sites for hydroxylation is 2. The second-order valence-electron chi connectivity index (χ2n) is 8.39. The average Bonchev–Trinajstić information content (AvgIpc) is 3.16. The fraction of sp³-hybridized carbons (Fsp3) is 0.500. The molecule has 0 unspecified atom stereocenters. The first kappa shape index (κ1) is 25.5. The Morgan fingerprint density at radius 1 is 1.15 bits per heavy atom. The fourth-order valence-corrected chi connectivity index (χ4v) is 5.09. The van der Waals surface area contributed by atoms with Crippen LogP contribution in [0.2, 0.25) is 0 Å². The maximum Gasteiger partial charge on any atom is 0.269 e. The summed E-state index contributed by atoms with van der Waals surface area (Å²) in [5, 5.41) is 0.00269. The largest absolute Gasteiger partial charge is 0.493 e. The minimum Gasteiger partial charge on any atom is -0.493 e. The lowest BCUT2D eigenvalue weighted by atomic mass is 9.98. The molecule has 1 aromatic heterocycles. The number of benzene rings is 1. The Morgan fingerprint density at radius 2 is 1.82 bits per heavy atom. The molecule has 1 saturated heterocycles. The fourth-order valence-electron chi connectivity index (χ4n) is 3.59. The van der Waals surface area contributed by atoms with Crippen LogP contribution in [0.15, 0.2) is 29.4 Å². The molecule has 0 bridgehead atoms. The predicted molar refractivity (Wildman–Crippen MR) is 124 cm³/mol. The summed E-state index contributed by atoms with van der Waals surface area (Å²) in [7, 11) is -0.503. The zero-order valence-corrected chi connectivity index (χ0v) is 20.8. The molecule has 2 amide bonds. The maximum absolute atomic E-state index is 12.8. The normalized spacial score (nSPS) is 15.2. The average molecular weight is 494 g/mol. The van der Waals surface area contributed by atoms with Crippen molar-refractivity contribution in [1.82, 2.24) is 24.7 Å². The van der Waals surface area contributed by atoms with Gasteiger partial charge in [0, 0.05) is 37.8 Å². The molecule has 1 aliphatic rings. The molecule has 2 N–H and O–H groups in total. The molecule has 12 heteroatoms. The van der Waals surface area contributed by atoms with Crippen LogP contribution in [0.25, 0.3) is 0 Å². The number of hydrazine groups is 1. The van der Waals surface area contributed by atoms with Gasteiger partial charge in [-0.1, -0.05) is 0 Å². The Bertz CT molecular complexity index is 1130. The topological polar surface area (TPSA) is 132 Å². The number of ether oxygens (including phenoxy) is 2. The molecule has 1 fully saturated rings. The zero-order chi connectivity index (χ0) is 25.0. The van der Waals surface area contributed by atoms with Crippen LogP contribution in [0.1, 0.15) is 42.9 Å². The van der Waals surface area contributed by atoms with Gasteiger partial charge in [-0.15, -0.1) is 0 Å². The molecular weight excluding hydrogens is 462 g/mol. The summed E-state index contributed by atoms with van der Waals surface area (Å²) in [6, 6.07) is 4.74. The summed E-state index contributed by atoms with van der Waals surface area (Å²) in [5.41, 5.74) is 5.13. The Labute approximate surface area is 199 Å². The highest BCUT2D eigenvalue weighted by Crippen LogP contribution is 2.29. The van der Waals surface area contributed by atoms with Gasteiger partial charge in [-0.05, 0) is 51.8 Å². The molecule has 34 heavy (non-hydrogen) atoms. The number of aromatic nitrogens is 2. The van der Waals surface area contributed by atoms with Crippen LogP contribution < -0.4 is 20.3 Å². The van der Waals surface area contributed by atoms with Crippen molar-refractivity contribution in [1.29, 1.82) is 0 Å². The van der Waals surface area contributed by atoms with Gasteiger partial charge in [-0.25, -0.2) is 13.4 Å². The smallest absolute Gasteiger partial charge is 0.269 e. The van der Waals surface area contributed by atoms with Crippen LogP contribution >= 0.6 is 0 Å². The van der Waals surface area contributed by atoms with E-state index in [1.165, 1.54) is 23.7 Å². The number of hydrogen-bond donors (Lipinski definition) is 2. The third-order valence-corrected chi connectivity index (χ3v) is 7.37. The maximum atomic E-state index is 12.8. The van der Waals surface area contributed by atoms with Crippen LogP contribution in [0.5, 0.6) is 11.5 Å². The predicted octanol–water partition coefficient (Wildman–Crippen LogP) is 1.39. The summed E-state index contributed by atoms with van der Waals surface area (Å²) in [5.74, 6) is 0.223. The molecule has 0 atom stereocenters. The highest BCUT2D eigenvalue weighted by Gasteiger charge is 2.33. The minimum atomic E-state index is -3.71. The number of carbonyl (C=O) groups is 2. The van der Waals surface area contributed by atoms with Gasteiger partial charge in [-0.3, -0.25) is 20.4 Å². The van der Waals surface area contributed by atoms with E-state index in [0.29, 0.717) is 35.7 Å². The van der Waals surface area contributed by atoms with Crippen molar-refractivity contribution in [2.24, 2.45) is 13.0 Å². The number of hydrogen-bond acceptors (Lipinski definition) is 7. The van der Waals surface area contributed by atoms with E-state index in [-0.39, 0.29) is 30.1 Å². The minimum absolute atomic E-state index is 0.00269. The van der Waals surface area contributed by atoms with E-state index in [2.05, 4.69) is 15.8 Å². The molecule has 2 heterocycles. The monoisotopic (exact) mass is 493 g/mol. The van der Waals surface area contributed by atoms with Crippen LogP contribution in [-0.4, -0.2) is 60.4 Å². The zero-order valence-electron chi connectivity index (χ0n) is 20.0. The number of rotatable bonds is 7. The van der Waals surface area contributed by atoms with Gasteiger partial charge >= 0.3 is 0 Å². The van der Waals surface area contributed by atoms with E-state index in [1.807, 2.05) is 13.8 Å². The lowest BCUT2D eigenvalue weighted by Crippen LogP contribution is -2.48. The number of nitrogens with one attached hydrogen (secondary N) is 2. The van der Waals surface area contributed by atoms with E-state index in [1.54, 1.807) is 30.7 Å². The highest BCUT2D eigenvalue weighted by atomic mass is 32.2. The van der Waals surface area contributed by atoms with Gasteiger partial charge in [-0.2, -0.15) is 4.31 Å². The molecule has 2 aromatic rings. The van der Waals surface area contributed by atoms with Crippen molar-refractivity contribution in [3.8, 4) is 11.5 Å². The SMILES string of the molecule is COc1cc(C(=O)NNC(=O)C2CCN(S(=O)(=O)c3cn(C)c(C)n3)CC2)ccc1OC(C)C. The molecule has 0 spiro atoms. The van der Waals surface area contributed by atoms with E-state index in [4.69, 9.17) is 9.47 Å². The summed E-state index contributed by atoms with van der Waals surface area (Å²) < 4.78 is 39.5. The molecule has 0 radical (unpaired) electrons. The van der Waals surface area contributed by atoms with Crippen LogP contribution in [0.3, 0.4) is 0 Å². The van der Waals surface area contributed by atoms with Crippen molar-refractivity contribution >= 4 is 21.8 Å². The summed E-state index contributed by atoms with van der Waals surface area (Å²) in [4.78, 5) is 29.1.